The Morgan fingerprint density at radius 2 is 0.769 bits per heavy atom. The maximum absolute atomic E-state index is 2.98. The van der Waals surface area contributed by atoms with E-state index in [4.69, 9.17) is 0 Å². The second kappa shape index (κ2) is 14.4. The van der Waals surface area contributed by atoms with Crippen LogP contribution in [0, 0.1) is 0 Å². The van der Waals surface area contributed by atoms with Crippen molar-refractivity contribution in [2.45, 2.75) is 118 Å². The van der Waals surface area contributed by atoms with Crippen molar-refractivity contribution in [1.82, 2.24) is 9.13 Å². The summed E-state index contributed by atoms with van der Waals surface area (Å²) in [4.78, 5) is 0. The molecule has 0 saturated heterocycles. The largest absolute Gasteiger partial charge is 0.325 e. The van der Waals surface area contributed by atoms with Gasteiger partial charge in [-0.3, -0.25) is 0 Å². The average Bonchev–Trinajstić information content (AvgIpc) is 2.64. The highest BCUT2D eigenvalue weighted by atomic mass is 29.3. The number of unbranched alkanes of at least 4 members (excludes halogenated alkanes) is 6. The molecule has 0 amide bonds. The first-order valence-corrected chi connectivity index (χ1v) is 18.2. The summed E-state index contributed by atoms with van der Waals surface area (Å²) in [5.74, 6) is 0. The van der Waals surface area contributed by atoms with Crippen molar-refractivity contribution in [1.29, 1.82) is 0 Å². The number of hydrogen-bond acceptors (Lipinski definition) is 2. The first-order valence-electron chi connectivity index (χ1n) is 11.9. The van der Waals surface area contributed by atoms with Crippen LogP contribution in [0.2, 0.25) is 25.2 Å². The molecule has 0 aliphatic carbocycles. The summed E-state index contributed by atoms with van der Waals surface area (Å²) in [6.07, 6.45) is 11.4. The predicted molar refractivity (Wildman–Crippen MR) is 127 cm³/mol. The average molecular weight is 401 g/mol. The van der Waals surface area contributed by atoms with Gasteiger partial charge in [0, 0.05) is 0 Å². The fraction of sp³-hybridized carbons (Fsp3) is 1.00. The first-order chi connectivity index (χ1) is 12.4. The van der Waals surface area contributed by atoms with Gasteiger partial charge in [0.05, 0.1) is 0 Å². The zero-order valence-corrected chi connectivity index (χ0v) is 21.8. The monoisotopic (exact) mass is 400 g/mol. The lowest BCUT2D eigenvalue weighted by Crippen LogP contribution is -2.76. The Morgan fingerprint density at radius 3 is 1.00 bits per heavy atom. The molecule has 0 aliphatic rings. The lowest BCUT2D eigenvalue weighted by Gasteiger charge is -2.55. The van der Waals surface area contributed by atoms with Gasteiger partial charge in [-0.25, -0.2) is 0 Å². The van der Waals surface area contributed by atoms with Gasteiger partial charge in [0.15, 0.2) is 0 Å². The highest BCUT2D eigenvalue weighted by molar-refractivity contribution is 7.39. The fourth-order valence-electron chi connectivity index (χ4n) is 5.17. The van der Waals surface area contributed by atoms with Crippen LogP contribution in [0.4, 0.5) is 0 Å². The van der Waals surface area contributed by atoms with Gasteiger partial charge in [-0.15, -0.1) is 0 Å². The number of hydrogen-bond donors (Lipinski definition) is 0. The van der Waals surface area contributed by atoms with Crippen LogP contribution < -0.4 is 0 Å². The molecule has 0 N–H and O–H groups in total. The number of nitrogens with zero attached hydrogens (tertiary/aromatic N) is 2. The molecule has 2 atom stereocenters. The van der Waals surface area contributed by atoms with Gasteiger partial charge >= 0.3 is 0 Å². The first kappa shape index (κ1) is 26.4. The van der Waals surface area contributed by atoms with E-state index < -0.39 is 15.5 Å². The molecule has 0 heterocycles. The van der Waals surface area contributed by atoms with Crippen LogP contribution in [0.15, 0.2) is 0 Å². The lowest BCUT2D eigenvalue weighted by molar-refractivity contribution is 0.437. The van der Waals surface area contributed by atoms with E-state index in [9.17, 15) is 0 Å². The molecule has 0 aromatic carbocycles. The minimum Gasteiger partial charge on any atom is -0.325 e. The van der Waals surface area contributed by atoms with Gasteiger partial charge in [0.1, 0.15) is 15.5 Å². The van der Waals surface area contributed by atoms with Crippen molar-refractivity contribution in [2.75, 3.05) is 26.2 Å². The molecule has 0 spiro atoms. The van der Waals surface area contributed by atoms with Crippen LogP contribution >= 0.6 is 0 Å². The van der Waals surface area contributed by atoms with Gasteiger partial charge in [0.2, 0.25) is 0 Å². The van der Waals surface area contributed by atoms with Crippen LogP contribution in [-0.4, -0.2) is 50.8 Å². The quantitative estimate of drug-likeness (QED) is 0.190. The second-order valence-corrected chi connectivity index (χ2v) is 22.3. The molecule has 2 unspecified atom stereocenters. The van der Waals surface area contributed by atoms with Crippen LogP contribution in [0.5, 0.6) is 0 Å². The Hall–Kier alpha value is 0.354. The molecule has 158 valence electrons. The zero-order chi connectivity index (χ0) is 20.1. The topological polar surface area (TPSA) is 6.48 Å². The third-order valence-corrected chi connectivity index (χ3v) is 26.5. The Balaban J connectivity index is 5.64. The van der Waals surface area contributed by atoms with Crippen molar-refractivity contribution >= 4 is 15.5 Å². The van der Waals surface area contributed by atoms with E-state index in [-0.39, 0.29) is 0 Å². The molecule has 2 nitrogen and oxygen atoms in total. The van der Waals surface area contributed by atoms with E-state index in [1.54, 1.807) is 0 Å². The van der Waals surface area contributed by atoms with E-state index in [1.807, 2.05) is 0 Å². The van der Waals surface area contributed by atoms with E-state index in [1.165, 1.54) is 89.6 Å². The maximum atomic E-state index is 2.98. The van der Waals surface area contributed by atoms with Crippen molar-refractivity contribution in [3.8, 4) is 0 Å². The van der Waals surface area contributed by atoms with Crippen LogP contribution in [0.25, 0.3) is 0 Å². The summed E-state index contributed by atoms with van der Waals surface area (Å²) in [7, 11) is -2.90. The third kappa shape index (κ3) is 7.07. The van der Waals surface area contributed by atoms with Gasteiger partial charge in [-0.2, -0.15) is 0 Å². The molecule has 0 aromatic heterocycles. The molecule has 0 radical (unpaired) electrons. The lowest BCUT2D eigenvalue weighted by atomic mass is 10.2. The SMILES string of the molecule is CCCCCC[Si](C)(N(CC)CC)[Si](C)(CCCCCC)N(CC)CC. The normalized spacial score (nSPS) is 16.8. The number of rotatable bonds is 17. The molecule has 0 aromatic rings. The molecule has 0 aliphatic heterocycles. The van der Waals surface area contributed by atoms with Gasteiger partial charge < -0.3 is 9.13 Å². The minimum atomic E-state index is -1.45. The van der Waals surface area contributed by atoms with Gasteiger partial charge in [-0.1, -0.05) is 106 Å². The second-order valence-electron chi connectivity index (χ2n) is 8.51. The van der Waals surface area contributed by atoms with E-state index >= 15 is 0 Å². The summed E-state index contributed by atoms with van der Waals surface area (Å²) in [6.45, 7) is 24.9. The molecular weight excluding hydrogens is 348 g/mol. The third-order valence-electron chi connectivity index (χ3n) is 7.12. The van der Waals surface area contributed by atoms with Crippen LogP contribution in [0.1, 0.15) is 92.9 Å². The van der Waals surface area contributed by atoms with Gasteiger partial charge in [-0.05, 0) is 38.3 Å². The summed E-state index contributed by atoms with van der Waals surface area (Å²) >= 11 is 0. The standard InChI is InChI=1S/C22H52N2Si2/c1-9-15-17-19-21-25(7,23(11-3)12-4)26(8,24(13-5)14-6)22-20-18-16-10-2/h9-22H2,1-8H3. The molecule has 4 heteroatoms. The predicted octanol–water partition coefficient (Wildman–Crippen LogP) is 7.06. The molecule has 0 saturated carbocycles. The summed E-state index contributed by atoms with van der Waals surface area (Å²) in [6, 6.07) is 3.06. The Bertz CT molecular complexity index is 300. The van der Waals surface area contributed by atoms with Crippen molar-refractivity contribution in [3.05, 3.63) is 0 Å². The van der Waals surface area contributed by atoms with Crippen molar-refractivity contribution < 1.29 is 0 Å². The van der Waals surface area contributed by atoms with Gasteiger partial charge in [0.25, 0.3) is 0 Å². The minimum absolute atomic E-state index is 1.26. The van der Waals surface area contributed by atoms with E-state index in [0.29, 0.717) is 0 Å². The maximum Gasteiger partial charge on any atom is 0.133 e. The van der Waals surface area contributed by atoms with Crippen molar-refractivity contribution in [3.63, 3.8) is 0 Å². The Kier molecular flexibility index (Phi) is 14.6. The molecule has 0 fully saturated rings. The summed E-state index contributed by atoms with van der Waals surface area (Å²) in [5, 5.41) is 0. The fourth-order valence-corrected chi connectivity index (χ4v) is 23.2. The Labute approximate surface area is 169 Å². The van der Waals surface area contributed by atoms with Crippen LogP contribution in [0.3, 0.4) is 0 Å². The molecule has 0 bridgehead atoms. The van der Waals surface area contributed by atoms with Crippen molar-refractivity contribution in [2.24, 2.45) is 0 Å². The van der Waals surface area contributed by atoms with E-state index in [0.717, 1.165) is 0 Å². The zero-order valence-electron chi connectivity index (χ0n) is 19.8. The highest BCUT2D eigenvalue weighted by Gasteiger charge is 2.53. The Morgan fingerprint density at radius 1 is 0.462 bits per heavy atom. The summed E-state index contributed by atoms with van der Waals surface area (Å²) < 4.78 is 5.95. The van der Waals surface area contributed by atoms with Crippen LogP contribution in [-0.2, 0) is 0 Å². The molecule has 26 heavy (non-hydrogen) atoms. The molecule has 0 rings (SSSR count). The molecular formula is C22H52N2Si2. The van der Waals surface area contributed by atoms with E-state index in [2.05, 4.69) is 63.8 Å². The summed E-state index contributed by atoms with van der Waals surface area (Å²) in [5.41, 5.74) is 0. The highest BCUT2D eigenvalue weighted by Crippen LogP contribution is 2.36. The smallest absolute Gasteiger partial charge is 0.133 e.